The quantitative estimate of drug-likeness (QED) is 0.535. The lowest BCUT2D eigenvalue weighted by Crippen LogP contribution is -2.02. The molecule has 1 rings (SSSR count). The molecule has 0 aromatic rings. The van der Waals surface area contributed by atoms with Crippen LogP contribution in [-0.4, -0.2) is 0 Å². The van der Waals surface area contributed by atoms with Crippen LogP contribution in [0.15, 0.2) is 11.6 Å². The van der Waals surface area contributed by atoms with Gasteiger partial charge in [0.05, 0.1) is 0 Å². The lowest BCUT2D eigenvalue weighted by atomic mass is 9.89. The molecule has 0 nitrogen and oxygen atoms in total. The zero-order valence-corrected chi connectivity index (χ0v) is 10.9. The van der Waals surface area contributed by atoms with Gasteiger partial charge < -0.3 is 0 Å². The van der Waals surface area contributed by atoms with Crippen molar-refractivity contribution in [3.05, 3.63) is 11.6 Å². The number of rotatable bonds is 5. The lowest BCUT2D eigenvalue weighted by Gasteiger charge is -2.17. The zero-order valence-electron chi connectivity index (χ0n) is 10.9. The van der Waals surface area contributed by atoms with Gasteiger partial charge in [-0.25, -0.2) is 0 Å². The van der Waals surface area contributed by atoms with Gasteiger partial charge in [-0.05, 0) is 50.4 Å². The van der Waals surface area contributed by atoms with Gasteiger partial charge in [0, 0.05) is 0 Å². The lowest BCUT2D eigenvalue weighted by molar-refractivity contribution is 0.488. The summed E-state index contributed by atoms with van der Waals surface area (Å²) in [6, 6.07) is 0. The number of allylic oxidation sites excluding steroid dienone is 2. The Morgan fingerprint density at radius 3 is 2.80 bits per heavy atom. The van der Waals surface area contributed by atoms with Crippen LogP contribution in [-0.2, 0) is 0 Å². The second-order valence-corrected chi connectivity index (χ2v) is 5.45. The topological polar surface area (TPSA) is 0 Å². The van der Waals surface area contributed by atoms with Crippen molar-refractivity contribution in [3.63, 3.8) is 0 Å². The predicted octanol–water partition coefficient (Wildman–Crippen LogP) is 5.34. The summed E-state index contributed by atoms with van der Waals surface area (Å²) in [5.74, 6) is 1.79. The zero-order chi connectivity index (χ0) is 11.1. The third-order valence-electron chi connectivity index (χ3n) is 3.68. The summed E-state index contributed by atoms with van der Waals surface area (Å²) in [4.78, 5) is 0. The molecule has 0 spiro atoms. The van der Waals surface area contributed by atoms with E-state index in [4.69, 9.17) is 0 Å². The SMILES string of the molecule is CCC1CCCCC=C1CCCC(C)C. The van der Waals surface area contributed by atoms with E-state index in [9.17, 15) is 0 Å². The van der Waals surface area contributed by atoms with Crippen molar-refractivity contribution in [2.24, 2.45) is 11.8 Å². The minimum Gasteiger partial charge on any atom is -0.0851 e. The van der Waals surface area contributed by atoms with Crippen molar-refractivity contribution in [1.82, 2.24) is 0 Å². The van der Waals surface area contributed by atoms with Gasteiger partial charge >= 0.3 is 0 Å². The Morgan fingerprint density at radius 1 is 1.33 bits per heavy atom. The number of hydrogen-bond acceptors (Lipinski definition) is 0. The first kappa shape index (κ1) is 12.8. The van der Waals surface area contributed by atoms with Gasteiger partial charge in [0.15, 0.2) is 0 Å². The van der Waals surface area contributed by atoms with Crippen molar-refractivity contribution >= 4 is 0 Å². The molecule has 88 valence electrons. The van der Waals surface area contributed by atoms with Gasteiger partial charge in [0.25, 0.3) is 0 Å². The van der Waals surface area contributed by atoms with Crippen molar-refractivity contribution < 1.29 is 0 Å². The highest BCUT2D eigenvalue weighted by molar-refractivity contribution is 5.08. The molecular weight excluding hydrogens is 180 g/mol. The fourth-order valence-electron chi connectivity index (χ4n) is 2.66. The fourth-order valence-corrected chi connectivity index (χ4v) is 2.66. The van der Waals surface area contributed by atoms with Crippen LogP contribution in [0.1, 0.15) is 72.1 Å². The van der Waals surface area contributed by atoms with Gasteiger partial charge in [0.1, 0.15) is 0 Å². The van der Waals surface area contributed by atoms with E-state index in [1.165, 1.54) is 51.4 Å². The van der Waals surface area contributed by atoms with Crippen molar-refractivity contribution in [2.45, 2.75) is 72.1 Å². The van der Waals surface area contributed by atoms with E-state index in [0.29, 0.717) is 0 Å². The Balaban J connectivity index is 2.37. The third-order valence-corrected chi connectivity index (χ3v) is 3.68. The molecule has 0 aromatic carbocycles. The summed E-state index contributed by atoms with van der Waals surface area (Å²) in [6.45, 7) is 7.02. The molecule has 0 aromatic heterocycles. The molecule has 0 fully saturated rings. The van der Waals surface area contributed by atoms with Crippen LogP contribution in [0.4, 0.5) is 0 Å². The van der Waals surface area contributed by atoms with E-state index in [2.05, 4.69) is 26.8 Å². The standard InChI is InChI=1S/C15H28/c1-4-14-10-6-5-7-11-15(14)12-8-9-13(2)3/h11,13-14H,4-10,12H2,1-3H3. The normalized spacial score (nSPS) is 22.7. The van der Waals surface area contributed by atoms with Crippen LogP contribution in [0.3, 0.4) is 0 Å². The summed E-state index contributed by atoms with van der Waals surface area (Å²) in [6.07, 6.45) is 13.7. The average Bonchev–Trinajstić information content (AvgIpc) is 2.42. The van der Waals surface area contributed by atoms with E-state index in [-0.39, 0.29) is 0 Å². The van der Waals surface area contributed by atoms with Gasteiger partial charge in [-0.1, -0.05) is 45.3 Å². The van der Waals surface area contributed by atoms with Gasteiger partial charge in [-0.3, -0.25) is 0 Å². The highest BCUT2D eigenvalue weighted by atomic mass is 14.2. The first-order chi connectivity index (χ1) is 7.24. The molecule has 0 heterocycles. The molecule has 1 atom stereocenters. The molecule has 1 unspecified atom stereocenters. The Bertz CT molecular complexity index is 188. The molecule has 0 bridgehead atoms. The van der Waals surface area contributed by atoms with E-state index in [0.717, 1.165) is 11.8 Å². The molecule has 0 N–H and O–H groups in total. The van der Waals surface area contributed by atoms with Crippen LogP contribution >= 0.6 is 0 Å². The van der Waals surface area contributed by atoms with Gasteiger partial charge in [-0.2, -0.15) is 0 Å². The minimum atomic E-state index is 0.872. The molecular formula is C15H28. The first-order valence-corrected chi connectivity index (χ1v) is 6.93. The Hall–Kier alpha value is -0.260. The maximum Gasteiger partial charge on any atom is -0.0206 e. The molecule has 0 saturated heterocycles. The molecule has 0 heteroatoms. The second-order valence-electron chi connectivity index (χ2n) is 5.45. The van der Waals surface area contributed by atoms with Gasteiger partial charge in [0.2, 0.25) is 0 Å². The molecule has 0 radical (unpaired) electrons. The van der Waals surface area contributed by atoms with Crippen LogP contribution < -0.4 is 0 Å². The first-order valence-electron chi connectivity index (χ1n) is 6.93. The maximum absolute atomic E-state index is 2.56. The van der Waals surface area contributed by atoms with E-state index in [1.807, 2.05) is 0 Å². The summed E-state index contributed by atoms with van der Waals surface area (Å²) < 4.78 is 0. The van der Waals surface area contributed by atoms with Crippen molar-refractivity contribution in [2.75, 3.05) is 0 Å². The van der Waals surface area contributed by atoms with Crippen LogP contribution in [0.25, 0.3) is 0 Å². The number of hydrogen-bond donors (Lipinski definition) is 0. The molecule has 0 aliphatic heterocycles. The Kier molecular flexibility index (Phi) is 6.05. The van der Waals surface area contributed by atoms with E-state index >= 15 is 0 Å². The van der Waals surface area contributed by atoms with Crippen molar-refractivity contribution in [3.8, 4) is 0 Å². The van der Waals surface area contributed by atoms with Crippen LogP contribution in [0.2, 0.25) is 0 Å². The predicted molar refractivity (Wildman–Crippen MR) is 69.0 cm³/mol. The summed E-state index contributed by atoms with van der Waals surface area (Å²) in [5, 5.41) is 0. The molecule has 15 heavy (non-hydrogen) atoms. The van der Waals surface area contributed by atoms with E-state index in [1.54, 1.807) is 5.57 Å². The van der Waals surface area contributed by atoms with Crippen molar-refractivity contribution in [1.29, 1.82) is 0 Å². The van der Waals surface area contributed by atoms with Crippen LogP contribution in [0.5, 0.6) is 0 Å². The Labute approximate surface area is 96.2 Å². The molecule has 1 aliphatic rings. The fraction of sp³-hybridized carbons (Fsp3) is 0.867. The summed E-state index contributed by atoms with van der Waals surface area (Å²) in [5.41, 5.74) is 1.79. The smallest absolute Gasteiger partial charge is 0.0206 e. The largest absolute Gasteiger partial charge is 0.0851 e. The summed E-state index contributed by atoms with van der Waals surface area (Å²) >= 11 is 0. The monoisotopic (exact) mass is 208 g/mol. The minimum absolute atomic E-state index is 0.872. The molecule has 1 aliphatic carbocycles. The van der Waals surface area contributed by atoms with Gasteiger partial charge in [-0.15, -0.1) is 0 Å². The van der Waals surface area contributed by atoms with Crippen LogP contribution in [0, 0.1) is 11.8 Å². The molecule has 0 saturated carbocycles. The summed E-state index contributed by atoms with van der Waals surface area (Å²) in [7, 11) is 0. The highest BCUT2D eigenvalue weighted by Gasteiger charge is 2.14. The van der Waals surface area contributed by atoms with E-state index < -0.39 is 0 Å². The Morgan fingerprint density at radius 2 is 2.13 bits per heavy atom. The maximum atomic E-state index is 2.56. The highest BCUT2D eigenvalue weighted by Crippen LogP contribution is 2.30. The second kappa shape index (κ2) is 7.09. The third kappa shape index (κ3) is 4.86. The molecule has 0 amide bonds. The average molecular weight is 208 g/mol.